The third-order valence-corrected chi connectivity index (χ3v) is 6.04. The van der Waals surface area contributed by atoms with E-state index < -0.39 is 33.1 Å². The molecule has 5 nitrogen and oxygen atoms in total. The molecule has 0 aliphatic carbocycles. The van der Waals surface area contributed by atoms with Crippen molar-refractivity contribution in [3.63, 3.8) is 0 Å². The van der Waals surface area contributed by atoms with E-state index in [4.69, 9.17) is 11.6 Å². The molecule has 2 aromatic carbocycles. The predicted octanol–water partition coefficient (Wildman–Crippen LogP) is 3.90. The largest absolute Gasteiger partial charge is 0.322 e. The summed E-state index contributed by atoms with van der Waals surface area (Å²) >= 11 is 5.64. The summed E-state index contributed by atoms with van der Waals surface area (Å²) < 4.78 is 53.5. The van der Waals surface area contributed by atoms with Crippen LogP contribution < -0.4 is 5.32 Å². The Kier molecular flexibility index (Phi) is 6.33. The fraction of sp³-hybridized carbons (Fsp3) is 0.235. The molecule has 0 saturated heterocycles. The number of amides is 1. The third kappa shape index (κ3) is 4.20. The smallest absolute Gasteiger partial charge is 0.258 e. The minimum absolute atomic E-state index is 0.151. The van der Waals surface area contributed by atoms with Crippen LogP contribution in [0.15, 0.2) is 41.3 Å². The van der Waals surface area contributed by atoms with E-state index in [1.807, 2.05) is 0 Å². The second-order valence-electron chi connectivity index (χ2n) is 5.31. The molecule has 0 bridgehead atoms. The van der Waals surface area contributed by atoms with Crippen molar-refractivity contribution in [3.05, 3.63) is 58.6 Å². The van der Waals surface area contributed by atoms with Crippen LogP contribution in [0.4, 0.5) is 14.5 Å². The van der Waals surface area contributed by atoms with Crippen molar-refractivity contribution in [2.24, 2.45) is 0 Å². The average Bonchev–Trinajstić information content (AvgIpc) is 2.59. The number of rotatable bonds is 6. The standard InChI is InChI=1S/C17H17ClF2N2O3S/c1-3-22(4-2)26(24,25)12-6-8-15(19)13(10-12)17(23)21-11-5-7-16(20)14(18)9-11/h5-10H,3-4H2,1-2H3,(H,21,23). The fourth-order valence-corrected chi connectivity index (χ4v) is 3.99. The Labute approximate surface area is 155 Å². The lowest BCUT2D eigenvalue weighted by Gasteiger charge is -2.19. The molecule has 0 unspecified atom stereocenters. The maximum Gasteiger partial charge on any atom is 0.258 e. The Hall–Kier alpha value is -2.03. The van der Waals surface area contributed by atoms with E-state index in [1.165, 1.54) is 16.4 Å². The summed E-state index contributed by atoms with van der Waals surface area (Å²) in [6.07, 6.45) is 0. The lowest BCUT2D eigenvalue weighted by atomic mass is 10.2. The summed E-state index contributed by atoms with van der Waals surface area (Å²) in [6, 6.07) is 6.48. The number of nitrogens with one attached hydrogen (secondary N) is 1. The fourth-order valence-electron chi connectivity index (χ4n) is 2.32. The van der Waals surface area contributed by atoms with E-state index in [1.54, 1.807) is 13.8 Å². The number of sulfonamides is 1. The van der Waals surface area contributed by atoms with Crippen molar-refractivity contribution in [2.45, 2.75) is 18.7 Å². The Balaban J connectivity index is 2.37. The first kappa shape index (κ1) is 20.3. The van der Waals surface area contributed by atoms with E-state index in [9.17, 15) is 22.0 Å². The summed E-state index contributed by atoms with van der Waals surface area (Å²) in [5.41, 5.74) is -0.295. The molecule has 1 amide bonds. The molecule has 1 N–H and O–H groups in total. The SMILES string of the molecule is CCN(CC)S(=O)(=O)c1ccc(F)c(C(=O)Nc2ccc(F)c(Cl)c2)c1. The Bertz CT molecular complexity index is 932. The van der Waals surface area contributed by atoms with Gasteiger partial charge in [-0.2, -0.15) is 4.31 Å². The first-order valence-electron chi connectivity index (χ1n) is 7.76. The number of halogens is 3. The molecule has 0 saturated carbocycles. The molecule has 9 heteroatoms. The van der Waals surface area contributed by atoms with E-state index >= 15 is 0 Å². The highest BCUT2D eigenvalue weighted by molar-refractivity contribution is 7.89. The van der Waals surface area contributed by atoms with Crippen LogP contribution in [0.5, 0.6) is 0 Å². The van der Waals surface area contributed by atoms with Gasteiger partial charge in [-0.1, -0.05) is 25.4 Å². The Morgan fingerprint density at radius 3 is 2.27 bits per heavy atom. The van der Waals surface area contributed by atoms with Crippen LogP contribution in [-0.2, 0) is 10.0 Å². The van der Waals surface area contributed by atoms with Crippen molar-refractivity contribution >= 4 is 33.2 Å². The zero-order chi connectivity index (χ0) is 19.5. The molecule has 2 rings (SSSR count). The van der Waals surface area contributed by atoms with Crippen LogP contribution in [-0.4, -0.2) is 31.7 Å². The quantitative estimate of drug-likeness (QED) is 0.796. The van der Waals surface area contributed by atoms with E-state index in [-0.39, 0.29) is 28.7 Å². The number of nitrogens with zero attached hydrogens (tertiary/aromatic N) is 1. The zero-order valence-corrected chi connectivity index (χ0v) is 15.7. The van der Waals surface area contributed by atoms with Gasteiger partial charge in [0.2, 0.25) is 10.0 Å². The van der Waals surface area contributed by atoms with Crippen LogP contribution in [0.3, 0.4) is 0 Å². The van der Waals surface area contributed by atoms with Crippen molar-refractivity contribution < 1.29 is 22.0 Å². The Morgan fingerprint density at radius 1 is 1.08 bits per heavy atom. The summed E-state index contributed by atoms with van der Waals surface area (Å²) in [5, 5.41) is 2.16. The van der Waals surface area contributed by atoms with Crippen molar-refractivity contribution in [2.75, 3.05) is 18.4 Å². The van der Waals surface area contributed by atoms with Crippen molar-refractivity contribution in [1.82, 2.24) is 4.31 Å². The van der Waals surface area contributed by atoms with Gasteiger partial charge in [-0.3, -0.25) is 4.79 Å². The van der Waals surface area contributed by atoms with E-state index in [0.717, 1.165) is 24.3 Å². The molecule has 0 aromatic heterocycles. The average molecular weight is 403 g/mol. The first-order valence-corrected chi connectivity index (χ1v) is 9.58. The topological polar surface area (TPSA) is 66.5 Å². The van der Waals surface area contributed by atoms with Gasteiger partial charge in [0.1, 0.15) is 11.6 Å². The first-order chi connectivity index (χ1) is 12.2. The number of benzene rings is 2. The summed E-state index contributed by atoms with van der Waals surface area (Å²) in [5.74, 6) is -2.42. The minimum atomic E-state index is -3.84. The molecule has 0 aliphatic heterocycles. The van der Waals surface area contributed by atoms with Crippen LogP contribution >= 0.6 is 11.6 Å². The zero-order valence-electron chi connectivity index (χ0n) is 14.1. The van der Waals surface area contributed by atoms with E-state index in [2.05, 4.69) is 5.32 Å². The molecule has 0 heterocycles. The van der Waals surface area contributed by atoms with Gasteiger partial charge in [0, 0.05) is 18.8 Å². The lowest BCUT2D eigenvalue weighted by Crippen LogP contribution is -2.31. The molecule has 0 atom stereocenters. The number of hydrogen-bond acceptors (Lipinski definition) is 3. The molecule has 0 fully saturated rings. The normalized spacial score (nSPS) is 11.6. The summed E-state index contributed by atoms with van der Waals surface area (Å²) in [6.45, 7) is 3.84. The lowest BCUT2D eigenvalue weighted by molar-refractivity contribution is 0.102. The highest BCUT2D eigenvalue weighted by atomic mass is 35.5. The van der Waals surface area contributed by atoms with Crippen LogP contribution in [0, 0.1) is 11.6 Å². The third-order valence-electron chi connectivity index (χ3n) is 3.70. The van der Waals surface area contributed by atoms with Gasteiger partial charge in [0.15, 0.2) is 0 Å². The summed E-state index contributed by atoms with van der Waals surface area (Å²) in [4.78, 5) is 12.1. The number of carbonyl (C=O) groups is 1. The molecule has 0 radical (unpaired) electrons. The number of carbonyl (C=O) groups excluding carboxylic acids is 1. The van der Waals surface area contributed by atoms with Gasteiger partial charge in [-0.05, 0) is 36.4 Å². The van der Waals surface area contributed by atoms with Crippen LogP contribution in [0.25, 0.3) is 0 Å². The van der Waals surface area contributed by atoms with Crippen LogP contribution in [0.2, 0.25) is 5.02 Å². The van der Waals surface area contributed by atoms with Gasteiger partial charge in [-0.25, -0.2) is 17.2 Å². The highest BCUT2D eigenvalue weighted by Crippen LogP contribution is 2.22. The van der Waals surface area contributed by atoms with E-state index in [0.29, 0.717) is 0 Å². The summed E-state index contributed by atoms with van der Waals surface area (Å²) in [7, 11) is -3.84. The molecule has 0 spiro atoms. The van der Waals surface area contributed by atoms with Gasteiger partial charge in [0.05, 0.1) is 15.5 Å². The molecule has 0 aliphatic rings. The van der Waals surface area contributed by atoms with Crippen molar-refractivity contribution in [1.29, 1.82) is 0 Å². The number of hydrogen-bond donors (Lipinski definition) is 1. The number of anilines is 1. The van der Waals surface area contributed by atoms with Crippen molar-refractivity contribution in [3.8, 4) is 0 Å². The molecular weight excluding hydrogens is 386 g/mol. The maximum atomic E-state index is 14.1. The molecule has 26 heavy (non-hydrogen) atoms. The molecular formula is C17H17ClF2N2O3S. The van der Waals surface area contributed by atoms with Gasteiger partial charge in [0.25, 0.3) is 5.91 Å². The molecule has 140 valence electrons. The van der Waals surface area contributed by atoms with Crippen LogP contribution in [0.1, 0.15) is 24.2 Å². The predicted molar refractivity (Wildman–Crippen MR) is 95.9 cm³/mol. The second kappa shape index (κ2) is 8.11. The van der Waals surface area contributed by atoms with Gasteiger partial charge in [-0.15, -0.1) is 0 Å². The molecule has 2 aromatic rings. The van der Waals surface area contributed by atoms with Gasteiger partial charge >= 0.3 is 0 Å². The minimum Gasteiger partial charge on any atom is -0.322 e. The van der Waals surface area contributed by atoms with Gasteiger partial charge < -0.3 is 5.32 Å². The Morgan fingerprint density at radius 2 is 1.69 bits per heavy atom. The maximum absolute atomic E-state index is 14.1. The second-order valence-corrected chi connectivity index (χ2v) is 7.66. The monoisotopic (exact) mass is 402 g/mol. The highest BCUT2D eigenvalue weighted by Gasteiger charge is 2.24.